The summed E-state index contributed by atoms with van der Waals surface area (Å²) in [5, 5.41) is 6.36. The predicted octanol–water partition coefficient (Wildman–Crippen LogP) is 1.51. The quantitative estimate of drug-likeness (QED) is 0.642. The summed E-state index contributed by atoms with van der Waals surface area (Å²) in [6, 6.07) is 10.4. The van der Waals surface area contributed by atoms with Crippen molar-refractivity contribution in [3.05, 3.63) is 48.7 Å². The number of rotatable bonds is 6. The Morgan fingerprint density at radius 2 is 1.92 bits per heavy atom. The van der Waals surface area contributed by atoms with Crippen LogP contribution in [0.5, 0.6) is 0 Å². The fraction of sp³-hybridized carbons (Fsp3) is 0.273. The molecule has 0 aliphatic rings. The van der Waals surface area contributed by atoms with Gasteiger partial charge in [0.2, 0.25) is 0 Å². The first-order chi connectivity index (χ1) is 6.43. The second kappa shape index (κ2) is 6.26. The summed E-state index contributed by atoms with van der Waals surface area (Å²) >= 11 is 0. The lowest BCUT2D eigenvalue weighted by Crippen LogP contribution is -2.23. The van der Waals surface area contributed by atoms with Crippen molar-refractivity contribution in [1.29, 1.82) is 0 Å². The monoisotopic (exact) mass is 176 g/mol. The van der Waals surface area contributed by atoms with Gasteiger partial charge >= 0.3 is 0 Å². The predicted molar refractivity (Wildman–Crippen MR) is 56.3 cm³/mol. The molecule has 0 radical (unpaired) electrons. The molecule has 0 saturated heterocycles. The number of benzene rings is 1. The maximum absolute atomic E-state index is 3.58. The van der Waals surface area contributed by atoms with E-state index in [1.54, 1.807) is 6.20 Å². The van der Waals surface area contributed by atoms with Crippen molar-refractivity contribution in [1.82, 2.24) is 10.6 Å². The zero-order valence-electron chi connectivity index (χ0n) is 7.79. The lowest BCUT2D eigenvalue weighted by molar-refractivity contribution is 0.663. The number of hydrogen-bond donors (Lipinski definition) is 2. The van der Waals surface area contributed by atoms with E-state index in [1.165, 1.54) is 5.56 Å². The highest BCUT2D eigenvalue weighted by atomic mass is 14.9. The van der Waals surface area contributed by atoms with Crippen LogP contribution in [-0.4, -0.2) is 13.1 Å². The van der Waals surface area contributed by atoms with E-state index in [9.17, 15) is 0 Å². The molecule has 70 valence electrons. The SMILES string of the molecule is C=CNCCNCc1ccccc1. The highest BCUT2D eigenvalue weighted by molar-refractivity contribution is 5.14. The minimum Gasteiger partial charge on any atom is -0.390 e. The van der Waals surface area contributed by atoms with Crippen LogP contribution in [0.4, 0.5) is 0 Å². The Morgan fingerprint density at radius 3 is 2.62 bits per heavy atom. The molecule has 0 bridgehead atoms. The molecule has 0 amide bonds. The molecule has 13 heavy (non-hydrogen) atoms. The molecule has 2 nitrogen and oxygen atoms in total. The highest BCUT2D eigenvalue weighted by Crippen LogP contribution is 1.96. The Labute approximate surface area is 79.7 Å². The average Bonchev–Trinajstić information content (AvgIpc) is 2.19. The maximum atomic E-state index is 3.58. The molecule has 0 heterocycles. The molecular formula is C11H16N2. The summed E-state index contributed by atoms with van der Waals surface area (Å²) in [5.74, 6) is 0. The summed E-state index contributed by atoms with van der Waals surface area (Å²) in [6.07, 6.45) is 1.71. The third-order valence-corrected chi connectivity index (χ3v) is 1.76. The van der Waals surface area contributed by atoms with Crippen LogP contribution in [0.1, 0.15) is 5.56 Å². The van der Waals surface area contributed by atoms with Crippen LogP contribution in [0.2, 0.25) is 0 Å². The van der Waals surface area contributed by atoms with Crippen molar-refractivity contribution in [3.63, 3.8) is 0 Å². The van der Waals surface area contributed by atoms with Crippen LogP contribution < -0.4 is 10.6 Å². The minimum absolute atomic E-state index is 0.927. The topological polar surface area (TPSA) is 24.1 Å². The van der Waals surface area contributed by atoms with Gasteiger partial charge in [-0.1, -0.05) is 36.9 Å². The largest absolute Gasteiger partial charge is 0.390 e. The molecule has 2 N–H and O–H groups in total. The van der Waals surface area contributed by atoms with Crippen LogP contribution in [0.3, 0.4) is 0 Å². The second-order valence-electron chi connectivity index (χ2n) is 2.82. The van der Waals surface area contributed by atoms with E-state index in [0.29, 0.717) is 0 Å². The standard InChI is InChI=1S/C11H16N2/c1-2-12-8-9-13-10-11-6-4-3-5-7-11/h2-7,12-13H,1,8-10H2. The smallest absolute Gasteiger partial charge is 0.0266 e. The molecular weight excluding hydrogens is 160 g/mol. The summed E-state index contributed by atoms with van der Waals surface area (Å²) in [6.45, 7) is 6.39. The van der Waals surface area contributed by atoms with E-state index in [-0.39, 0.29) is 0 Å². The fourth-order valence-electron chi connectivity index (χ4n) is 1.09. The highest BCUT2D eigenvalue weighted by Gasteiger charge is 1.88. The molecule has 1 aromatic rings. The summed E-state index contributed by atoms with van der Waals surface area (Å²) in [4.78, 5) is 0. The lowest BCUT2D eigenvalue weighted by Gasteiger charge is -2.04. The molecule has 0 fully saturated rings. The van der Waals surface area contributed by atoms with Gasteiger partial charge in [-0.3, -0.25) is 0 Å². The van der Waals surface area contributed by atoms with Gasteiger partial charge in [0.05, 0.1) is 0 Å². The van der Waals surface area contributed by atoms with Gasteiger partial charge in [-0.25, -0.2) is 0 Å². The minimum atomic E-state index is 0.927. The van der Waals surface area contributed by atoms with E-state index in [2.05, 4.69) is 41.5 Å². The molecule has 0 spiro atoms. The molecule has 1 aromatic carbocycles. The van der Waals surface area contributed by atoms with Crippen molar-refractivity contribution >= 4 is 0 Å². The van der Waals surface area contributed by atoms with Gasteiger partial charge < -0.3 is 10.6 Å². The summed E-state index contributed by atoms with van der Waals surface area (Å²) in [7, 11) is 0. The van der Waals surface area contributed by atoms with Crippen LogP contribution in [0, 0.1) is 0 Å². The molecule has 0 aromatic heterocycles. The van der Waals surface area contributed by atoms with Crippen LogP contribution in [0.15, 0.2) is 43.1 Å². The van der Waals surface area contributed by atoms with E-state index in [1.807, 2.05) is 6.07 Å². The van der Waals surface area contributed by atoms with Crippen molar-refractivity contribution in [2.75, 3.05) is 13.1 Å². The first-order valence-corrected chi connectivity index (χ1v) is 4.52. The fourth-order valence-corrected chi connectivity index (χ4v) is 1.09. The normalized spacial score (nSPS) is 9.54. The Balaban J connectivity index is 2.10. The molecule has 1 rings (SSSR count). The molecule has 0 saturated carbocycles. The van der Waals surface area contributed by atoms with Gasteiger partial charge in [0.1, 0.15) is 0 Å². The van der Waals surface area contributed by atoms with E-state index in [0.717, 1.165) is 19.6 Å². The van der Waals surface area contributed by atoms with Crippen molar-refractivity contribution in [2.24, 2.45) is 0 Å². The van der Waals surface area contributed by atoms with Gasteiger partial charge in [0.25, 0.3) is 0 Å². The molecule has 2 heteroatoms. The van der Waals surface area contributed by atoms with Crippen molar-refractivity contribution in [2.45, 2.75) is 6.54 Å². The second-order valence-corrected chi connectivity index (χ2v) is 2.82. The van der Waals surface area contributed by atoms with Gasteiger partial charge in [-0.05, 0) is 11.8 Å². The molecule has 0 aliphatic heterocycles. The Kier molecular flexibility index (Phi) is 4.72. The zero-order chi connectivity index (χ0) is 9.36. The van der Waals surface area contributed by atoms with Gasteiger partial charge in [0, 0.05) is 19.6 Å². The Hall–Kier alpha value is -1.28. The van der Waals surface area contributed by atoms with Gasteiger partial charge in [0.15, 0.2) is 0 Å². The third kappa shape index (κ3) is 4.33. The van der Waals surface area contributed by atoms with Gasteiger partial charge in [-0.15, -0.1) is 0 Å². The molecule has 0 atom stereocenters. The number of nitrogens with one attached hydrogen (secondary N) is 2. The van der Waals surface area contributed by atoms with Crippen LogP contribution in [0.25, 0.3) is 0 Å². The summed E-state index contributed by atoms with van der Waals surface area (Å²) < 4.78 is 0. The van der Waals surface area contributed by atoms with Crippen molar-refractivity contribution in [3.8, 4) is 0 Å². The third-order valence-electron chi connectivity index (χ3n) is 1.76. The first-order valence-electron chi connectivity index (χ1n) is 4.52. The average molecular weight is 176 g/mol. The lowest BCUT2D eigenvalue weighted by atomic mass is 10.2. The van der Waals surface area contributed by atoms with Crippen molar-refractivity contribution < 1.29 is 0 Å². The Morgan fingerprint density at radius 1 is 1.15 bits per heavy atom. The summed E-state index contributed by atoms with van der Waals surface area (Å²) in [5.41, 5.74) is 1.32. The molecule has 0 unspecified atom stereocenters. The maximum Gasteiger partial charge on any atom is 0.0266 e. The van der Waals surface area contributed by atoms with Gasteiger partial charge in [-0.2, -0.15) is 0 Å². The zero-order valence-corrected chi connectivity index (χ0v) is 7.79. The number of hydrogen-bond acceptors (Lipinski definition) is 2. The van der Waals surface area contributed by atoms with Crippen LogP contribution >= 0.6 is 0 Å². The van der Waals surface area contributed by atoms with E-state index < -0.39 is 0 Å². The van der Waals surface area contributed by atoms with E-state index >= 15 is 0 Å². The van der Waals surface area contributed by atoms with E-state index in [4.69, 9.17) is 0 Å². The van der Waals surface area contributed by atoms with Crippen LogP contribution in [-0.2, 0) is 6.54 Å². The molecule has 0 aliphatic carbocycles. The Bertz CT molecular complexity index is 231. The first kappa shape index (κ1) is 9.81.